The number of hydrogen-bond acceptors (Lipinski definition) is 6. The molecule has 2 atom stereocenters. The van der Waals surface area contributed by atoms with Gasteiger partial charge in [-0.05, 0) is 75.0 Å². The van der Waals surface area contributed by atoms with Crippen molar-refractivity contribution in [3.05, 3.63) is 88.0 Å². The minimum atomic E-state index is -3.77. The van der Waals surface area contributed by atoms with Gasteiger partial charge in [-0.3, -0.25) is 14.4 Å². The highest BCUT2D eigenvalue weighted by molar-refractivity contribution is 7.92. The molecule has 0 bridgehead atoms. The van der Waals surface area contributed by atoms with E-state index in [9.17, 15) is 18.5 Å². The van der Waals surface area contributed by atoms with E-state index in [0.717, 1.165) is 36.3 Å². The molecule has 1 fully saturated rings. The number of ether oxygens (including phenoxy) is 1. The van der Waals surface area contributed by atoms with Gasteiger partial charge in [0, 0.05) is 24.6 Å². The molecule has 0 N–H and O–H groups in total. The lowest BCUT2D eigenvalue weighted by molar-refractivity contribution is -0.384. The Morgan fingerprint density at radius 3 is 2.29 bits per heavy atom. The number of non-ortho nitro benzene ring substituents is 1. The third-order valence-electron chi connectivity index (χ3n) is 6.56. The number of nitro benzene ring substituents is 1. The third-order valence-corrected chi connectivity index (χ3v) is 8.42. The predicted octanol–water partition coefficient (Wildman–Crippen LogP) is 4.69. The molecule has 8 nitrogen and oxygen atoms in total. The van der Waals surface area contributed by atoms with E-state index in [2.05, 4.69) is 18.0 Å². The Labute approximate surface area is 198 Å². The van der Waals surface area contributed by atoms with Crippen molar-refractivity contribution in [2.45, 2.75) is 30.2 Å². The Morgan fingerprint density at radius 2 is 1.65 bits per heavy atom. The van der Waals surface area contributed by atoms with Gasteiger partial charge in [0.2, 0.25) is 0 Å². The maximum absolute atomic E-state index is 13.8. The summed E-state index contributed by atoms with van der Waals surface area (Å²) < 4.78 is 34.9. The van der Waals surface area contributed by atoms with Crippen LogP contribution in [0.25, 0.3) is 0 Å². The molecule has 0 spiro atoms. The first kappa shape index (κ1) is 22.4. The van der Waals surface area contributed by atoms with Gasteiger partial charge in [-0.1, -0.05) is 17.7 Å². The molecule has 0 unspecified atom stereocenters. The van der Waals surface area contributed by atoms with Crippen molar-refractivity contribution in [2.24, 2.45) is 0 Å². The lowest BCUT2D eigenvalue weighted by atomic mass is 9.89. The van der Waals surface area contributed by atoms with E-state index in [4.69, 9.17) is 4.74 Å². The summed E-state index contributed by atoms with van der Waals surface area (Å²) >= 11 is 0. The summed E-state index contributed by atoms with van der Waals surface area (Å²) in [7, 11) is -1.70. The highest BCUT2D eigenvalue weighted by Gasteiger charge is 2.46. The lowest BCUT2D eigenvalue weighted by Gasteiger charge is -2.36. The van der Waals surface area contributed by atoms with Crippen LogP contribution in [0, 0.1) is 17.0 Å². The monoisotopic (exact) mass is 479 g/mol. The molecular formula is C25H25N3O5S. The molecule has 9 heteroatoms. The van der Waals surface area contributed by atoms with Crippen molar-refractivity contribution in [2.75, 3.05) is 24.4 Å². The minimum Gasteiger partial charge on any atom is -0.457 e. The normalized spacial score (nSPS) is 20.0. The second kappa shape index (κ2) is 8.41. The summed E-state index contributed by atoms with van der Waals surface area (Å²) in [6.07, 6.45) is 0.773. The van der Waals surface area contributed by atoms with E-state index in [0.29, 0.717) is 11.5 Å². The summed E-state index contributed by atoms with van der Waals surface area (Å²) in [5.41, 5.74) is 2.96. The zero-order chi connectivity index (χ0) is 24.0. The summed E-state index contributed by atoms with van der Waals surface area (Å²) in [5, 5.41) is 10.8. The number of nitro groups is 1. The fourth-order valence-corrected chi connectivity index (χ4v) is 6.65. The van der Waals surface area contributed by atoms with Gasteiger partial charge in [-0.15, -0.1) is 0 Å². The van der Waals surface area contributed by atoms with Gasteiger partial charge in [-0.25, -0.2) is 8.42 Å². The summed E-state index contributed by atoms with van der Waals surface area (Å²) in [6.45, 7) is 3.71. The van der Waals surface area contributed by atoms with Gasteiger partial charge >= 0.3 is 0 Å². The minimum absolute atomic E-state index is 0.0258. The van der Waals surface area contributed by atoms with Crippen molar-refractivity contribution < 1.29 is 18.1 Å². The van der Waals surface area contributed by atoms with E-state index in [1.54, 1.807) is 28.6 Å². The van der Waals surface area contributed by atoms with Crippen molar-refractivity contribution in [1.29, 1.82) is 0 Å². The number of rotatable bonds is 5. The molecule has 176 valence electrons. The highest BCUT2D eigenvalue weighted by atomic mass is 32.2. The van der Waals surface area contributed by atoms with Crippen LogP contribution in [0.5, 0.6) is 11.5 Å². The average Bonchev–Trinajstić information content (AvgIpc) is 3.13. The topological polar surface area (TPSA) is 93.0 Å². The number of aryl methyl sites for hydroxylation is 1. The standard InChI is InChI=1S/C25H25N3O5S/c1-17-3-12-24-22(15-17)23-16-26(2)14-13-25(23)27(24)34(31,32)21-10-8-20(9-11-21)33-19-6-4-18(5-7-19)28(29)30/h3-12,15,23,25H,13-14,16H2,1-2H3/t23-,25-/m0/s1. The largest absolute Gasteiger partial charge is 0.457 e. The van der Waals surface area contributed by atoms with Crippen molar-refractivity contribution in [3.63, 3.8) is 0 Å². The predicted molar refractivity (Wildman–Crippen MR) is 129 cm³/mol. The quantitative estimate of drug-likeness (QED) is 0.389. The molecule has 2 aliphatic rings. The van der Waals surface area contributed by atoms with Crippen molar-refractivity contribution in [1.82, 2.24) is 4.90 Å². The zero-order valence-electron chi connectivity index (χ0n) is 18.9. The van der Waals surface area contributed by atoms with Crippen LogP contribution in [0.2, 0.25) is 0 Å². The first-order valence-electron chi connectivity index (χ1n) is 11.1. The number of likely N-dealkylation sites (tertiary alicyclic amines) is 1. The molecule has 1 saturated heterocycles. The van der Waals surface area contributed by atoms with Crippen LogP contribution in [0.15, 0.2) is 71.6 Å². The maximum Gasteiger partial charge on any atom is 0.269 e. The molecule has 2 heterocycles. The molecule has 2 aliphatic heterocycles. The summed E-state index contributed by atoms with van der Waals surface area (Å²) in [4.78, 5) is 12.8. The maximum atomic E-state index is 13.8. The molecule has 5 rings (SSSR count). The number of fused-ring (bicyclic) bond motifs is 3. The number of piperidine rings is 1. The third kappa shape index (κ3) is 3.91. The van der Waals surface area contributed by atoms with Crippen molar-refractivity contribution >= 4 is 21.4 Å². The zero-order valence-corrected chi connectivity index (χ0v) is 19.7. The van der Waals surface area contributed by atoms with E-state index in [-0.39, 0.29) is 22.5 Å². The number of benzene rings is 3. The molecule has 0 saturated carbocycles. The summed E-state index contributed by atoms with van der Waals surface area (Å²) in [5.74, 6) is 1.02. The molecule has 3 aromatic rings. The van der Waals surface area contributed by atoms with Gasteiger partial charge in [0.1, 0.15) is 11.5 Å². The van der Waals surface area contributed by atoms with Crippen molar-refractivity contribution in [3.8, 4) is 11.5 Å². The fraction of sp³-hybridized carbons (Fsp3) is 0.280. The van der Waals surface area contributed by atoms with Crippen LogP contribution in [0.3, 0.4) is 0 Å². The fourth-order valence-electron chi connectivity index (χ4n) is 4.91. The first-order valence-corrected chi connectivity index (χ1v) is 12.5. The molecule has 0 radical (unpaired) electrons. The molecule has 0 aliphatic carbocycles. The van der Waals surface area contributed by atoms with E-state index >= 15 is 0 Å². The number of hydrogen-bond donors (Lipinski definition) is 0. The van der Waals surface area contributed by atoms with Gasteiger partial charge < -0.3 is 9.64 Å². The van der Waals surface area contributed by atoms with E-state index in [1.165, 1.54) is 24.3 Å². The Kier molecular flexibility index (Phi) is 5.53. The number of sulfonamides is 1. The molecule has 0 amide bonds. The van der Waals surface area contributed by atoms with E-state index < -0.39 is 14.9 Å². The SMILES string of the molecule is Cc1ccc2c(c1)[C@@H]1CN(C)CC[C@@H]1N2S(=O)(=O)c1ccc(Oc2ccc([N+](=O)[O-])cc2)cc1. The average molecular weight is 480 g/mol. The second-order valence-electron chi connectivity index (χ2n) is 8.91. The van der Waals surface area contributed by atoms with Crippen LogP contribution in [0.1, 0.15) is 23.5 Å². The second-order valence-corrected chi connectivity index (χ2v) is 10.7. The van der Waals surface area contributed by atoms with Crippen LogP contribution < -0.4 is 9.04 Å². The molecule has 0 aromatic heterocycles. The Hall–Kier alpha value is -3.43. The Bertz CT molecular complexity index is 1340. The Morgan fingerprint density at radius 1 is 1.00 bits per heavy atom. The lowest BCUT2D eigenvalue weighted by Crippen LogP contribution is -2.47. The van der Waals surface area contributed by atoms with Crippen LogP contribution in [0.4, 0.5) is 11.4 Å². The van der Waals surface area contributed by atoms with Gasteiger partial charge in [0.25, 0.3) is 15.7 Å². The van der Waals surface area contributed by atoms with Gasteiger partial charge in [-0.2, -0.15) is 0 Å². The van der Waals surface area contributed by atoms with Crippen LogP contribution >= 0.6 is 0 Å². The number of anilines is 1. The Balaban J connectivity index is 1.43. The first-order chi connectivity index (χ1) is 16.2. The molecule has 34 heavy (non-hydrogen) atoms. The number of nitrogens with zero attached hydrogens (tertiary/aromatic N) is 3. The van der Waals surface area contributed by atoms with Gasteiger partial charge in [0.15, 0.2) is 0 Å². The molecule has 3 aromatic carbocycles. The van der Waals surface area contributed by atoms with Crippen LogP contribution in [-0.2, 0) is 10.0 Å². The summed E-state index contributed by atoms with van der Waals surface area (Å²) in [6, 6.07) is 17.9. The van der Waals surface area contributed by atoms with Gasteiger partial charge in [0.05, 0.1) is 21.5 Å². The van der Waals surface area contributed by atoms with E-state index in [1.807, 2.05) is 19.1 Å². The van der Waals surface area contributed by atoms with Crippen LogP contribution in [-0.4, -0.2) is 44.4 Å². The smallest absolute Gasteiger partial charge is 0.269 e. The highest BCUT2D eigenvalue weighted by Crippen LogP contribution is 2.47. The molecular weight excluding hydrogens is 454 g/mol. The number of likely N-dealkylation sites (N-methyl/N-ethyl adjacent to an activating group) is 1.